The van der Waals surface area contributed by atoms with Crippen molar-refractivity contribution in [2.24, 2.45) is 0 Å². The average Bonchev–Trinajstić information content (AvgIpc) is 2.34. The summed E-state index contributed by atoms with van der Waals surface area (Å²) in [5, 5.41) is 10.5. The third-order valence-corrected chi connectivity index (χ3v) is 2.66. The minimum absolute atomic E-state index is 0.318. The normalized spacial score (nSPS) is 22.7. The lowest BCUT2D eigenvalue weighted by Crippen LogP contribution is -2.37. The molecule has 0 saturated carbocycles. The second-order valence-corrected chi connectivity index (χ2v) is 3.28. The number of rotatable bonds is 0. The second-order valence-electron chi connectivity index (χ2n) is 2.24. The van der Waals surface area contributed by atoms with Crippen LogP contribution in [0.15, 0.2) is 29.4 Å². The monoisotopic (exact) mass is 154 g/mol. The Bertz CT molecular complexity index is 251. The van der Waals surface area contributed by atoms with E-state index >= 15 is 0 Å². The molecular weight excluding hydrogens is 146 g/mol. The van der Waals surface area contributed by atoms with E-state index in [1.54, 1.807) is 11.8 Å². The van der Waals surface area contributed by atoms with Crippen molar-refractivity contribution in [2.45, 2.75) is 11.3 Å². The predicted molar refractivity (Wildman–Crippen MR) is 38.6 cm³/mol. The molecule has 1 aromatic rings. The first-order chi connectivity index (χ1) is 4.88. The van der Waals surface area contributed by atoms with Crippen LogP contribution in [0.25, 0.3) is 0 Å². The number of aliphatic hydroxyl groups is 1. The van der Waals surface area contributed by atoms with Crippen molar-refractivity contribution in [3.8, 4) is 0 Å². The first-order valence-corrected chi connectivity index (χ1v) is 4.17. The highest BCUT2D eigenvalue weighted by Gasteiger charge is 2.27. The van der Waals surface area contributed by atoms with Gasteiger partial charge in [0.15, 0.2) is 6.20 Å². The number of hydrogen-bond acceptors (Lipinski definition) is 2. The lowest BCUT2D eigenvalue weighted by molar-refractivity contribution is -0.780. The summed E-state index contributed by atoms with van der Waals surface area (Å²) >= 11 is 1.69. The van der Waals surface area contributed by atoms with Crippen LogP contribution in [-0.2, 0) is 0 Å². The van der Waals surface area contributed by atoms with Gasteiger partial charge in [-0.05, 0) is 17.8 Å². The van der Waals surface area contributed by atoms with Crippen molar-refractivity contribution in [3.05, 3.63) is 24.4 Å². The summed E-state index contributed by atoms with van der Waals surface area (Å²) in [4.78, 5) is 0. The van der Waals surface area contributed by atoms with Gasteiger partial charge in [0.05, 0.1) is 5.75 Å². The maximum absolute atomic E-state index is 9.32. The molecule has 3 heteroatoms. The molecule has 1 N–H and O–H groups in total. The lowest BCUT2D eigenvalue weighted by Gasteiger charge is -1.93. The maximum Gasteiger partial charge on any atom is 0.270 e. The van der Waals surface area contributed by atoms with Crippen LogP contribution < -0.4 is 4.57 Å². The Morgan fingerprint density at radius 3 is 3.30 bits per heavy atom. The molecule has 0 bridgehead atoms. The molecule has 2 heterocycles. The Morgan fingerprint density at radius 1 is 1.60 bits per heavy atom. The summed E-state index contributed by atoms with van der Waals surface area (Å²) in [5.41, 5.74) is 0. The number of aliphatic hydroxyl groups excluding tert-OH is 1. The van der Waals surface area contributed by atoms with Crippen molar-refractivity contribution in [1.29, 1.82) is 0 Å². The predicted octanol–water partition coefficient (Wildman–Crippen LogP) is 0.571. The summed E-state index contributed by atoms with van der Waals surface area (Å²) in [6, 6.07) is 5.93. The molecule has 0 aromatic carbocycles. The summed E-state index contributed by atoms with van der Waals surface area (Å²) in [6.07, 6.45) is 1.58. The van der Waals surface area contributed by atoms with Crippen LogP contribution in [0, 0.1) is 0 Å². The Balaban J connectivity index is 2.51. The molecule has 52 valence electrons. The fraction of sp³-hybridized carbons (Fsp3) is 0.286. The van der Waals surface area contributed by atoms with Gasteiger partial charge in [-0.3, -0.25) is 0 Å². The Hall–Kier alpha value is -0.540. The third-order valence-electron chi connectivity index (χ3n) is 1.55. The number of hydrogen-bond donors (Lipinski definition) is 1. The highest BCUT2D eigenvalue weighted by Crippen LogP contribution is 2.22. The van der Waals surface area contributed by atoms with E-state index in [9.17, 15) is 5.11 Å². The Labute approximate surface area is 63.5 Å². The minimum atomic E-state index is -0.318. The molecular formula is C7H8NOS+. The van der Waals surface area contributed by atoms with Crippen LogP contribution in [-0.4, -0.2) is 10.9 Å². The van der Waals surface area contributed by atoms with Crippen molar-refractivity contribution in [3.63, 3.8) is 0 Å². The van der Waals surface area contributed by atoms with Crippen LogP contribution in [0.4, 0.5) is 0 Å². The SMILES string of the molecule is OC1CSc2cccc[n+]21. The van der Waals surface area contributed by atoms with Crippen LogP contribution in [0.5, 0.6) is 0 Å². The van der Waals surface area contributed by atoms with Gasteiger partial charge in [0, 0.05) is 12.1 Å². The summed E-state index contributed by atoms with van der Waals surface area (Å²) in [6.45, 7) is 0. The van der Waals surface area contributed by atoms with Gasteiger partial charge in [0.2, 0.25) is 5.03 Å². The Morgan fingerprint density at radius 2 is 2.50 bits per heavy atom. The van der Waals surface area contributed by atoms with Gasteiger partial charge < -0.3 is 5.11 Å². The molecule has 1 aliphatic heterocycles. The first-order valence-electron chi connectivity index (χ1n) is 3.19. The molecule has 0 radical (unpaired) electrons. The molecule has 1 unspecified atom stereocenters. The summed E-state index contributed by atoms with van der Waals surface area (Å²) < 4.78 is 1.88. The molecule has 1 aliphatic rings. The van der Waals surface area contributed by atoms with E-state index in [-0.39, 0.29) is 6.23 Å². The van der Waals surface area contributed by atoms with E-state index < -0.39 is 0 Å². The minimum Gasteiger partial charge on any atom is -0.336 e. The maximum atomic E-state index is 9.32. The Kier molecular flexibility index (Phi) is 1.39. The fourth-order valence-electron chi connectivity index (χ4n) is 1.05. The van der Waals surface area contributed by atoms with Gasteiger partial charge in [-0.25, -0.2) is 0 Å². The van der Waals surface area contributed by atoms with E-state index in [4.69, 9.17) is 0 Å². The molecule has 0 aliphatic carbocycles. The van der Waals surface area contributed by atoms with Crippen molar-refractivity contribution >= 4 is 11.8 Å². The van der Waals surface area contributed by atoms with Gasteiger partial charge in [-0.1, -0.05) is 0 Å². The third kappa shape index (κ3) is 0.822. The molecule has 1 atom stereocenters. The standard InChI is InChI=1S/C7H8NOS/c9-6-5-10-7-3-1-2-4-8(6)7/h1-4,6,9H,5H2/q+1. The van der Waals surface area contributed by atoms with Gasteiger partial charge in [0.1, 0.15) is 0 Å². The van der Waals surface area contributed by atoms with Gasteiger partial charge in [0.25, 0.3) is 6.23 Å². The zero-order valence-corrected chi connectivity index (χ0v) is 6.21. The molecule has 1 aromatic heterocycles. The van der Waals surface area contributed by atoms with Crippen LogP contribution in [0.3, 0.4) is 0 Å². The lowest BCUT2D eigenvalue weighted by atomic mass is 10.5. The van der Waals surface area contributed by atoms with Crippen LogP contribution in [0.1, 0.15) is 6.23 Å². The number of fused-ring (bicyclic) bond motifs is 1. The second kappa shape index (κ2) is 2.25. The molecule has 0 fully saturated rings. The highest BCUT2D eigenvalue weighted by molar-refractivity contribution is 7.99. The van der Waals surface area contributed by atoms with E-state index in [2.05, 4.69) is 0 Å². The van der Waals surface area contributed by atoms with E-state index in [1.807, 2.05) is 29.0 Å². The molecule has 0 spiro atoms. The van der Waals surface area contributed by atoms with Crippen LogP contribution in [0.2, 0.25) is 0 Å². The first kappa shape index (κ1) is 6.19. The van der Waals surface area contributed by atoms with Gasteiger partial charge in [-0.15, -0.1) is 0 Å². The van der Waals surface area contributed by atoms with Crippen molar-refractivity contribution in [1.82, 2.24) is 0 Å². The molecule has 2 rings (SSSR count). The zero-order chi connectivity index (χ0) is 6.97. The van der Waals surface area contributed by atoms with Crippen molar-refractivity contribution in [2.75, 3.05) is 5.75 Å². The molecule has 0 saturated heterocycles. The van der Waals surface area contributed by atoms with Crippen molar-refractivity contribution < 1.29 is 9.67 Å². The average molecular weight is 154 g/mol. The van der Waals surface area contributed by atoms with E-state index in [0.29, 0.717) is 0 Å². The number of pyridine rings is 1. The quantitative estimate of drug-likeness (QED) is 0.552. The zero-order valence-electron chi connectivity index (χ0n) is 5.40. The van der Waals surface area contributed by atoms with E-state index in [1.165, 1.54) is 0 Å². The molecule has 10 heavy (non-hydrogen) atoms. The largest absolute Gasteiger partial charge is 0.336 e. The molecule has 0 amide bonds. The summed E-state index contributed by atoms with van der Waals surface area (Å²) in [5.74, 6) is 0.782. The topological polar surface area (TPSA) is 24.1 Å². The van der Waals surface area contributed by atoms with Crippen LogP contribution >= 0.6 is 11.8 Å². The molecule has 2 nitrogen and oxygen atoms in total. The number of nitrogens with zero attached hydrogens (tertiary/aromatic N) is 1. The van der Waals surface area contributed by atoms with Gasteiger partial charge in [-0.2, -0.15) is 4.57 Å². The fourth-order valence-corrected chi connectivity index (χ4v) is 2.04. The van der Waals surface area contributed by atoms with E-state index in [0.717, 1.165) is 10.8 Å². The smallest absolute Gasteiger partial charge is 0.270 e. The summed E-state index contributed by atoms with van der Waals surface area (Å²) in [7, 11) is 0. The number of aromatic nitrogens is 1. The number of thioether (sulfide) groups is 1. The highest BCUT2D eigenvalue weighted by atomic mass is 32.2. The van der Waals surface area contributed by atoms with Gasteiger partial charge >= 0.3 is 0 Å².